The highest BCUT2D eigenvalue weighted by molar-refractivity contribution is 8.67. The highest BCUT2D eigenvalue weighted by atomic mass is 32.9. The molecule has 0 aliphatic rings. The second-order valence-electron chi connectivity index (χ2n) is 5.51. The third kappa shape index (κ3) is 5.37. The molecule has 1 heterocycles. The fourth-order valence-corrected chi connectivity index (χ4v) is 6.79. The molecule has 0 bridgehead atoms. The lowest BCUT2D eigenvalue weighted by Gasteiger charge is -2.18. The van der Waals surface area contributed by atoms with Gasteiger partial charge < -0.3 is 9.05 Å². The van der Waals surface area contributed by atoms with Crippen LogP contribution < -0.4 is 0 Å². The maximum Gasteiger partial charge on any atom is 0.255 e. The second-order valence-corrected chi connectivity index (χ2v) is 11.6. The minimum Gasteiger partial charge on any atom is -0.322 e. The zero-order valence-electron chi connectivity index (χ0n) is 15.6. The Hall–Kier alpha value is -1.83. The number of benzene rings is 2. The van der Waals surface area contributed by atoms with Crippen molar-refractivity contribution in [3.05, 3.63) is 66.2 Å². The Morgan fingerprint density at radius 1 is 1.00 bits per heavy atom. The van der Waals surface area contributed by atoms with Gasteiger partial charge in [0.05, 0.1) is 19.4 Å². The standard InChI is InChI=1S/C19H21N4O2PS2/c1-3-24-26(27,25-4-2)28-19-22-21-18(17-13-9-6-10-14-17)23(19)20-15-16-11-7-5-8-12-16/h5-15H,3-4H2,1-2H3/b20-15+. The van der Waals surface area contributed by atoms with Crippen LogP contribution in [0.5, 0.6) is 0 Å². The van der Waals surface area contributed by atoms with Crippen LogP contribution in [0.25, 0.3) is 11.4 Å². The van der Waals surface area contributed by atoms with E-state index in [2.05, 4.69) is 15.3 Å². The molecule has 146 valence electrons. The minimum atomic E-state index is -2.59. The number of nitrogens with zero attached hydrogens (tertiary/aromatic N) is 4. The summed E-state index contributed by atoms with van der Waals surface area (Å²) in [5.41, 5.74) is -0.706. The van der Waals surface area contributed by atoms with Crippen molar-refractivity contribution in [1.29, 1.82) is 0 Å². The number of hydrogen-bond donors (Lipinski definition) is 0. The van der Waals surface area contributed by atoms with Gasteiger partial charge in [0, 0.05) is 16.9 Å². The maximum atomic E-state index is 5.74. The third-order valence-electron chi connectivity index (χ3n) is 3.53. The molecule has 0 amide bonds. The van der Waals surface area contributed by atoms with Crippen LogP contribution in [-0.4, -0.2) is 34.3 Å². The summed E-state index contributed by atoms with van der Waals surface area (Å²) in [5, 5.41) is 13.8. The zero-order valence-corrected chi connectivity index (χ0v) is 18.2. The molecule has 0 aliphatic carbocycles. The summed E-state index contributed by atoms with van der Waals surface area (Å²) < 4.78 is 13.2. The molecule has 0 unspecified atom stereocenters. The lowest BCUT2D eigenvalue weighted by Crippen LogP contribution is -1.98. The van der Waals surface area contributed by atoms with Gasteiger partial charge in [-0.1, -0.05) is 60.7 Å². The summed E-state index contributed by atoms with van der Waals surface area (Å²) >= 11 is 6.92. The lowest BCUT2D eigenvalue weighted by atomic mass is 10.2. The van der Waals surface area contributed by atoms with E-state index in [0.717, 1.165) is 11.1 Å². The summed E-state index contributed by atoms with van der Waals surface area (Å²) in [5.74, 6) is 0.629. The molecule has 0 saturated heterocycles. The van der Waals surface area contributed by atoms with Crippen molar-refractivity contribution in [2.24, 2.45) is 5.10 Å². The Morgan fingerprint density at radius 3 is 2.21 bits per heavy atom. The van der Waals surface area contributed by atoms with Gasteiger partial charge in [-0.2, -0.15) is 9.78 Å². The molecule has 28 heavy (non-hydrogen) atoms. The molecule has 0 fully saturated rings. The van der Waals surface area contributed by atoms with Gasteiger partial charge in [-0.3, -0.25) is 0 Å². The minimum absolute atomic E-state index is 0.469. The highest BCUT2D eigenvalue weighted by Gasteiger charge is 2.25. The predicted octanol–water partition coefficient (Wildman–Crippen LogP) is 5.22. The fraction of sp³-hybridized carbons (Fsp3) is 0.211. The van der Waals surface area contributed by atoms with Gasteiger partial charge in [0.15, 0.2) is 5.82 Å². The summed E-state index contributed by atoms with van der Waals surface area (Å²) in [6.45, 7) is 4.73. The van der Waals surface area contributed by atoms with Gasteiger partial charge in [0.25, 0.3) is 5.69 Å². The molecule has 0 aliphatic heterocycles. The molecular weight excluding hydrogens is 411 g/mol. The largest absolute Gasteiger partial charge is 0.322 e. The molecule has 0 N–H and O–H groups in total. The smallest absolute Gasteiger partial charge is 0.255 e. The number of rotatable bonds is 9. The van der Waals surface area contributed by atoms with E-state index >= 15 is 0 Å². The summed E-state index contributed by atoms with van der Waals surface area (Å²) in [6, 6.07) is 19.6. The monoisotopic (exact) mass is 432 g/mol. The molecule has 2 aromatic carbocycles. The normalized spacial score (nSPS) is 11.9. The van der Waals surface area contributed by atoms with Gasteiger partial charge in [-0.25, -0.2) is 0 Å². The van der Waals surface area contributed by atoms with Crippen LogP contribution in [0.4, 0.5) is 0 Å². The summed E-state index contributed by atoms with van der Waals surface area (Å²) in [6.07, 6.45) is 1.77. The van der Waals surface area contributed by atoms with Gasteiger partial charge >= 0.3 is 0 Å². The van der Waals surface area contributed by atoms with Crippen molar-refractivity contribution in [2.45, 2.75) is 19.0 Å². The Bertz CT molecular complexity index is 955. The van der Waals surface area contributed by atoms with Gasteiger partial charge in [0.1, 0.15) is 0 Å². The Balaban J connectivity index is 2.01. The van der Waals surface area contributed by atoms with E-state index in [4.69, 9.17) is 20.9 Å². The lowest BCUT2D eigenvalue weighted by molar-refractivity contribution is 0.280. The van der Waals surface area contributed by atoms with Gasteiger partial charge in [-0.15, -0.1) is 10.2 Å². The fourth-order valence-electron chi connectivity index (χ4n) is 2.36. The SMILES string of the molecule is CCOP(=S)(OCC)Sc1nnc(-c2ccccc2)n1/N=C/c1ccccc1. The van der Waals surface area contributed by atoms with Crippen LogP contribution >= 0.6 is 17.1 Å². The van der Waals surface area contributed by atoms with Crippen LogP contribution in [0.3, 0.4) is 0 Å². The topological polar surface area (TPSA) is 61.5 Å². The quantitative estimate of drug-likeness (QED) is 0.341. The Labute approximate surface area is 173 Å². The van der Waals surface area contributed by atoms with E-state index in [9.17, 15) is 0 Å². The first-order chi connectivity index (χ1) is 13.6. The molecule has 0 saturated carbocycles. The van der Waals surface area contributed by atoms with Crippen LogP contribution in [-0.2, 0) is 20.9 Å². The molecule has 0 spiro atoms. The molecule has 0 radical (unpaired) electrons. The van der Waals surface area contributed by atoms with Crippen molar-refractivity contribution in [2.75, 3.05) is 13.2 Å². The molecule has 3 aromatic rings. The molecule has 6 nitrogen and oxygen atoms in total. The zero-order chi connectivity index (χ0) is 19.8. The number of hydrogen-bond acceptors (Lipinski definition) is 7. The van der Waals surface area contributed by atoms with Crippen LogP contribution in [0.2, 0.25) is 0 Å². The van der Waals surface area contributed by atoms with Crippen molar-refractivity contribution >= 4 is 35.1 Å². The van der Waals surface area contributed by atoms with Crippen molar-refractivity contribution < 1.29 is 9.05 Å². The Morgan fingerprint density at radius 2 is 1.61 bits per heavy atom. The van der Waals surface area contributed by atoms with E-state index in [1.165, 1.54) is 11.4 Å². The highest BCUT2D eigenvalue weighted by Crippen LogP contribution is 2.63. The van der Waals surface area contributed by atoms with E-state index in [1.807, 2.05) is 74.5 Å². The average Bonchev–Trinajstić information content (AvgIpc) is 3.10. The molecular formula is C19H21N4O2PS2. The van der Waals surface area contributed by atoms with Crippen molar-refractivity contribution in [3.8, 4) is 11.4 Å². The Kier molecular flexibility index (Phi) is 7.53. The van der Waals surface area contributed by atoms with Gasteiger partial charge in [0.2, 0.25) is 5.16 Å². The number of aromatic nitrogens is 3. The second kappa shape index (κ2) is 10.1. The average molecular weight is 433 g/mol. The molecule has 1 aromatic heterocycles. The van der Waals surface area contributed by atoms with Crippen molar-refractivity contribution in [1.82, 2.24) is 14.9 Å². The van der Waals surface area contributed by atoms with E-state index in [0.29, 0.717) is 24.2 Å². The summed E-state index contributed by atoms with van der Waals surface area (Å²) in [7, 11) is 0. The predicted molar refractivity (Wildman–Crippen MR) is 118 cm³/mol. The third-order valence-corrected chi connectivity index (χ3v) is 8.42. The molecule has 0 atom stereocenters. The first-order valence-corrected chi connectivity index (χ1v) is 12.9. The van der Waals surface area contributed by atoms with E-state index in [1.54, 1.807) is 10.9 Å². The molecule has 9 heteroatoms. The first-order valence-electron chi connectivity index (χ1n) is 8.84. The summed E-state index contributed by atoms with van der Waals surface area (Å²) in [4.78, 5) is 0. The van der Waals surface area contributed by atoms with Crippen LogP contribution in [0.15, 0.2) is 70.9 Å². The maximum absolute atomic E-state index is 5.74. The van der Waals surface area contributed by atoms with E-state index in [-0.39, 0.29) is 0 Å². The van der Waals surface area contributed by atoms with Crippen LogP contribution in [0.1, 0.15) is 19.4 Å². The first kappa shape index (κ1) is 20.9. The molecule has 3 rings (SSSR count). The van der Waals surface area contributed by atoms with E-state index < -0.39 is 5.69 Å². The van der Waals surface area contributed by atoms with Gasteiger partial charge in [-0.05, 0) is 31.2 Å². The van der Waals surface area contributed by atoms with Crippen molar-refractivity contribution in [3.63, 3.8) is 0 Å². The van der Waals surface area contributed by atoms with Crippen LogP contribution in [0, 0.1) is 0 Å².